The molecule has 1 unspecified atom stereocenters. The lowest BCUT2D eigenvalue weighted by Gasteiger charge is -2.40. The molecule has 0 aromatic heterocycles. The zero-order valence-corrected chi connectivity index (χ0v) is 21.1. The van der Waals surface area contributed by atoms with Crippen LogP contribution in [0.1, 0.15) is 81.6 Å². The number of likely N-dealkylation sites (tertiary alicyclic amines) is 1. The molecule has 2 amide bonds. The highest BCUT2D eigenvalue weighted by atomic mass is 16.5. The first-order valence-electron chi connectivity index (χ1n) is 13.1. The van der Waals surface area contributed by atoms with Crippen LogP contribution in [0.3, 0.4) is 0 Å². The topological polar surface area (TPSA) is 93.3 Å². The summed E-state index contributed by atoms with van der Waals surface area (Å²) in [6.45, 7) is 8.85. The number of nitrogens with one attached hydrogen (secondary N) is 1. The minimum atomic E-state index is -0.485. The van der Waals surface area contributed by atoms with Crippen LogP contribution >= 0.6 is 0 Å². The van der Waals surface area contributed by atoms with Gasteiger partial charge < -0.3 is 19.5 Å². The highest BCUT2D eigenvalue weighted by Gasteiger charge is 2.41. The predicted molar refractivity (Wildman–Crippen MR) is 130 cm³/mol. The molecule has 4 aliphatic rings. The van der Waals surface area contributed by atoms with Gasteiger partial charge in [-0.25, -0.2) is 4.79 Å². The monoisotopic (exact) mass is 484 g/mol. The number of nitrogens with zero attached hydrogens (tertiary/aromatic N) is 2. The fraction of sp³-hybridized carbons (Fsp3) is 0.667. The van der Waals surface area contributed by atoms with Crippen molar-refractivity contribution in [2.75, 3.05) is 13.1 Å². The summed E-state index contributed by atoms with van der Waals surface area (Å²) >= 11 is 0. The number of carbonyl (C=O) groups excluding carboxylic acids is 2. The highest BCUT2D eigenvalue weighted by molar-refractivity contribution is 6.01. The molecule has 2 N–H and O–H groups in total. The molecule has 1 aromatic rings. The molecule has 35 heavy (non-hydrogen) atoms. The fourth-order valence-electron chi connectivity index (χ4n) is 6.10. The van der Waals surface area contributed by atoms with Gasteiger partial charge in [0.15, 0.2) is 6.04 Å². The van der Waals surface area contributed by atoms with Gasteiger partial charge in [-0.2, -0.15) is 0 Å². The maximum Gasteiger partial charge on any atom is 0.388 e. The van der Waals surface area contributed by atoms with Crippen LogP contribution in [0.15, 0.2) is 18.2 Å². The molecule has 0 spiro atoms. The third kappa shape index (κ3) is 5.23. The van der Waals surface area contributed by atoms with Gasteiger partial charge in [0.1, 0.15) is 11.9 Å². The summed E-state index contributed by atoms with van der Waals surface area (Å²) in [4.78, 5) is 31.2. The lowest BCUT2D eigenvalue weighted by atomic mass is 10.0. The number of benzene rings is 1. The standard InChI is InChI=1S/C27H37N3O5/c1-27(2,3)35-18-11-13-29(14-12-18)21-5-4-6-23(21)34-19-7-8-20-17(15-19)16-30(26(20)33)22-9-10-24(31)28-25(22)32/h7-8,15,18,21-23H,4-6,9-14,16H2,1-3H3,(H,28,31,32)/p+1/t21-,22?,23-/m1/s1. The van der Waals surface area contributed by atoms with E-state index in [1.807, 2.05) is 18.2 Å². The largest absolute Gasteiger partial charge is 0.489 e. The first kappa shape index (κ1) is 24.3. The molecule has 1 saturated heterocycles. The van der Waals surface area contributed by atoms with Crippen molar-refractivity contribution in [3.63, 3.8) is 0 Å². The predicted octanol–water partition coefficient (Wildman–Crippen LogP) is 1.95. The third-order valence-electron chi connectivity index (χ3n) is 7.68. The maximum absolute atomic E-state index is 13.0. The molecule has 8 heteroatoms. The van der Waals surface area contributed by atoms with Crippen LogP contribution < -0.4 is 9.73 Å². The third-order valence-corrected chi connectivity index (χ3v) is 7.68. The SMILES string of the molecule is CC(C)(C)OC1CCN([C@@H]2CCC[C@H]2Oc2ccc3c(c2)CN(C2CCC(=O)[NH+]=C2O)C3=O)CC1. The van der Waals surface area contributed by atoms with Crippen molar-refractivity contribution in [2.45, 2.75) is 102 Å². The zero-order valence-electron chi connectivity index (χ0n) is 21.1. The first-order chi connectivity index (χ1) is 16.7. The van der Waals surface area contributed by atoms with E-state index in [0.29, 0.717) is 37.1 Å². The van der Waals surface area contributed by atoms with Crippen molar-refractivity contribution in [3.05, 3.63) is 29.3 Å². The molecule has 0 radical (unpaired) electrons. The van der Waals surface area contributed by atoms with Gasteiger partial charge in [-0.15, -0.1) is 4.99 Å². The van der Waals surface area contributed by atoms with Gasteiger partial charge in [0.2, 0.25) is 0 Å². The fourth-order valence-corrected chi connectivity index (χ4v) is 6.10. The van der Waals surface area contributed by atoms with Crippen LogP contribution in [0.25, 0.3) is 0 Å². The zero-order chi connectivity index (χ0) is 24.7. The Kier molecular flexibility index (Phi) is 6.61. The lowest BCUT2D eigenvalue weighted by molar-refractivity contribution is -0.394. The number of fused-ring (bicyclic) bond motifs is 1. The van der Waals surface area contributed by atoms with Gasteiger partial charge >= 0.3 is 11.8 Å². The van der Waals surface area contributed by atoms with Gasteiger partial charge in [-0.1, -0.05) is 0 Å². The van der Waals surface area contributed by atoms with Gasteiger partial charge in [0, 0.05) is 31.2 Å². The maximum atomic E-state index is 13.0. The number of rotatable bonds is 5. The second kappa shape index (κ2) is 9.54. The van der Waals surface area contributed by atoms with Gasteiger partial charge in [-0.05, 0) is 83.1 Å². The quantitative estimate of drug-likeness (QED) is 0.664. The number of hydrogen-bond donors (Lipinski definition) is 2. The lowest BCUT2D eigenvalue weighted by Crippen LogP contribution is -2.82. The van der Waals surface area contributed by atoms with Crippen molar-refractivity contribution < 1.29 is 29.2 Å². The molecule has 3 heterocycles. The van der Waals surface area contributed by atoms with Gasteiger partial charge in [-0.3, -0.25) is 9.69 Å². The Morgan fingerprint density at radius 3 is 2.54 bits per heavy atom. The molecule has 0 bridgehead atoms. The number of amides is 2. The molecule has 1 saturated carbocycles. The Hall–Kier alpha value is -2.45. The normalized spacial score (nSPS) is 28.4. The summed E-state index contributed by atoms with van der Waals surface area (Å²) in [5, 5.41) is 10.2. The second-order valence-electron chi connectivity index (χ2n) is 11.4. The number of hydrogen-bond acceptors (Lipinski definition) is 5. The number of aliphatic hydroxyl groups is 1. The Bertz CT molecular complexity index is 1010. The Balaban J connectivity index is 1.22. The minimum absolute atomic E-state index is 0.0991. The smallest absolute Gasteiger partial charge is 0.388 e. The van der Waals surface area contributed by atoms with E-state index >= 15 is 0 Å². The average Bonchev–Trinajstić information content (AvgIpc) is 3.38. The summed E-state index contributed by atoms with van der Waals surface area (Å²) in [7, 11) is 0. The van der Waals surface area contributed by atoms with E-state index in [2.05, 4.69) is 30.7 Å². The molecule has 8 nitrogen and oxygen atoms in total. The van der Waals surface area contributed by atoms with E-state index in [-0.39, 0.29) is 29.4 Å². The van der Waals surface area contributed by atoms with Crippen LogP contribution in [0.2, 0.25) is 0 Å². The molecule has 1 aliphatic carbocycles. The number of piperidine rings is 1. The molecular formula is C27H38N3O5+. The van der Waals surface area contributed by atoms with Crippen LogP contribution in [-0.4, -0.2) is 75.6 Å². The molecule has 190 valence electrons. The Morgan fingerprint density at radius 1 is 1.06 bits per heavy atom. The van der Waals surface area contributed by atoms with E-state index in [4.69, 9.17) is 9.47 Å². The molecular weight excluding hydrogens is 446 g/mol. The summed E-state index contributed by atoms with van der Waals surface area (Å²) in [5.74, 6) is 0.338. The first-order valence-corrected chi connectivity index (χ1v) is 13.1. The van der Waals surface area contributed by atoms with Crippen LogP contribution in [0, 0.1) is 0 Å². The Morgan fingerprint density at radius 2 is 1.83 bits per heavy atom. The molecule has 5 rings (SSSR count). The summed E-state index contributed by atoms with van der Waals surface area (Å²) in [5.41, 5.74) is 1.45. The minimum Gasteiger partial charge on any atom is -0.489 e. The highest BCUT2D eigenvalue weighted by Crippen LogP contribution is 2.34. The van der Waals surface area contributed by atoms with Crippen molar-refractivity contribution in [3.8, 4) is 5.75 Å². The van der Waals surface area contributed by atoms with E-state index < -0.39 is 6.04 Å². The van der Waals surface area contributed by atoms with Crippen LogP contribution in [-0.2, 0) is 16.1 Å². The summed E-state index contributed by atoms with van der Waals surface area (Å²) in [6.07, 6.45) is 6.67. The van der Waals surface area contributed by atoms with Crippen molar-refractivity contribution in [1.29, 1.82) is 0 Å². The summed E-state index contributed by atoms with van der Waals surface area (Å²) < 4.78 is 12.7. The van der Waals surface area contributed by atoms with E-state index in [0.717, 1.165) is 56.5 Å². The van der Waals surface area contributed by atoms with Gasteiger partial charge in [0.25, 0.3) is 5.91 Å². The summed E-state index contributed by atoms with van der Waals surface area (Å²) in [6, 6.07) is 5.64. The molecule has 3 atom stereocenters. The van der Waals surface area contributed by atoms with Crippen LogP contribution in [0.4, 0.5) is 0 Å². The molecule has 2 fully saturated rings. The van der Waals surface area contributed by atoms with Crippen molar-refractivity contribution in [2.24, 2.45) is 0 Å². The number of ether oxygens (including phenoxy) is 2. The Labute approximate surface area is 207 Å². The van der Waals surface area contributed by atoms with E-state index in [1.165, 1.54) is 0 Å². The molecule has 1 aromatic carbocycles. The number of aliphatic hydroxyl groups excluding tert-OH is 1. The van der Waals surface area contributed by atoms with Crippen LogP contribution in [0.5, 0.6) is 5.75 Å². The van der Waals surface area contributed by atoms with E-state index in [9.17, 15) is 14.7 Å². The molecule has 3 aliphatic heterocycles. The van der Waals surface area contributed by atoms with Crippen molar-refractivity contribution in [1.82, 2.24) is 9.80 Å². The average molecular weight is 485 g/mol. The van der Waals surface area contributed by atoms with Crippen molar-refractivity contribution >= 4 is 17.7 Å². The second-order valence-corrected chi connectivity index (χ2v) is 11.4. The van der Waals surface area contributed by atoms with Gasteiger partial charge in [0.05, 0.1) is 18.1 Å². The van der Waals surface area contributed by atoms with E-state index in [1.54, 1.807) is 4.90 Å². The number of carbonyl (C=O) groups is 2.